The quantitative estimate of drug-likeness (QED) is 0.765. The second-order valence-corrected chi connectivity index (χ2v) is 5.71. The van der Waals surface area contributed by atoms with Crippen LogP contribution in [0.2, 0.25) is 0 Å². The number of ether oxygens (including phenoxy) is 2. The fourth-order valence-electron chi connectivity index (χ4n) is 2.85. The maximum atomic E-state index is 12.9. The molecule has 0 aliphatic carbocycles. The topological polar surface area (TPSA) is 69.6 Å². The van der Waals surface area contributed by atoms with Crippen molar-refractivity contribution in [2.24, 2.45) is 0 Å². The van der Waals surface area contributed by atoms with Gasteiger partial charge < -0.3 is 19.4 Å². The van der Waals surface area contributed by atoms with E-state index in [9.17, 15) is 9.59 Å². The summed E-state index contributed by atoms with van der Waals surface area (Å²) >= 11 is 0. The number of methoxy groups -OCH3 is 2. The van der Waals surface area contributed by atoms with Crippen LogP contribution in [0.15, 0.2) is 53.5 Å². The summed E-state index contributed by atoms with van der Waals surface area (Å²) in [5, 5.41) is 3.79. The lowest BCUT2D eigenvalue weighted by atomic mass is 10.1. The van der Waals surface area contributed by atoms with E-state index in [0.29, 0.717) is 40.1 Å². The van der Waals surface area contributed by atoms with E-state index in [0.717, 1.165) is 0 Å². The van der Waals surface area contributed by atoms with Gasteiger partial charge in [0.25, 0.3) is 11.5 Å². The van der Waals surface area contributed by atoms with E-state index in [1.807, 2.05) is 25.1 Å². The van der Waals surface area contributed by atoms with Crippen LogP contribution in [0.5, 0.6) is 11.5 Å². The van der Waals surface area contributed by atoms with Crippen molar-refractivity contribution in [3.05, 3.63) is 64.6 Å². The third kappa shape index (κ3) is 3.13. The Balaban J connectivity index is 2.21. The number of benzene rings is 2. The van der Waals surface area contributed by atoms with Crippen molar-refractivity contribution in [2.45, 2.75) is 13.5 Å². The lowest BCUT2D eigenvalue weighted by Crippen LogP contribution is -2.23. The summed E-state index contributed by atoms with van der Waals surface area (Å²) in [5.41, 5.74) is 0.895. The number of anilines is 1. The number of hydrogen-bond donors (Lipinski definition) is 1. The first-order valence-electron chi connectivity index (χ1n) is 8.24. The number of carbonyl (C=O) groups excluding carboxylic acids is 1. The van der Waals surface area contributed by atoms with Crippen LogP contribution in [-0.2, 0) is 6.54 Å². The molecule has 1 N–H and O–H groups in total. The first kappa shape index (κ1) is 17.5. The number of hydrogen-bond acceptors (Lipinski definition) is 4. The Bertz CT molecular complexity index is 1010. The van der Waals surface area contributed by atoms with E-state index in [-0.39, 0.29) is 11.5 Å². The van der Waals surface area contributed by atoms with Crippen molar-refractivity contribution in [1.82, 2.24) is 4.57 Å². The maximum absolute atomic E-state index is 12.9. The third-order valence-corrected chi connectivity index (χ3v) is 4.21. The zero-order chi connectivity index (χ0) is 18.7. The standard InChI is InChI=1S/C20H20N2O4/c1-4-22-12-16(19(23)21-13-8-6-5-7-9-13)14-10-17(25-2)18(26-3)11-15(14)20(22)24/h5-12H,4H2,1-3H3,(H,21,23). The van der Waals surface area contributed by atoms with Crippen molar-refractivity contribution in [3.8, 4) is 11.5 Å². The molecule has 1 heterocycles. The van der Waals surface area contributed by atoms with E-state index < -0.39 is 0 Å². The summed E-state index contributed by atoms with van der Waals surface area (Å²) in [6, 6.07) is 12.4. The highest BCUT2D eigenvalue weighted by atomic mass is 16.5. The molecule has 3 aromatic rings. The van der Waals surface area contributed by atoms with Crippen LogP contribution in [0.25, 0.3) is 10.8 Å². The number of rotatable bonds is 5. The second-order valence-electron chi connectivity index (χ2n) is 5.71. The SMILES string of the molecule is CCn1cc(C(=O)Nc2ccccc2)c2cc(OC)c(OC)cc2c1=O. The molecule has 2 aromatic carbocycles. The highest BCUT2D eigenvalue weighted by Gasteiger charge is 2.18. The summed E-state index contributed by atoms with van der Waals surface area (Å²) in [6.07, 6.45) is 1.58. The molecule has 1 aromatic heterocycles. The van der Waals surface area contributed by atoms with Gasteiger partial charge in [-0.2, -0.15) is 0 Å². The molecule has 0 unspecified atom stereocenters. The van der Waals surface area contributed by atoms with Crippen LogP contribution < -0.4 is 20.3 Å². The number of para-hydroxylation sites is 1. The van der Waals surface area contributed by atoms with Gasteiger partial charge in [-0.15, -0.1) is 0 Å². The number of carbonyl (C=O) groups is 1. The Kier molecular flexibility index (Phi) is 4.93. The second kappa shape index (κ2) is 7.31. The maximum Gasteiger partial charge on any atom is 0.258 e. The number of aryl methyl sites for hydroxylation is 1. The highest BCUT2D eigenvalue weighted by Crippen LogP contribution is 2.32. The summed E-state index contributed by atoms with van der Waals surface area (Å²) in [5.74, 6) is 0.610. The average molecular weight is 352 g/mol. The zero-order valence-electron chi connectivity index (χ0n) is 14.9. The average Bonchev–Trinajstić information content (AvgIpc) is 2.68. The van der Waals surface area contributed by atoms with Crippen molar-refractivity contribution in [2.75, 3.05) is 19.5 Å². The van der Waals surface area contributed by atoms with Crippen LogP contribution in [0.3, 0.4) is 0 Å². The number of fused-ring (bicyclic) bond motifs is 1. The Morgan fingerprint density at radius 2 is 1.65 bits per heavy atom. The van der Waals surface area contributed by atoms with Crippen molar-refractivity contribution < 1.29 is 14.3 Å². The molecule has 26 heavy (non-hydrogen) atoms. The van der Waals surface area contributed by atoms with Crippen LogP contribution >= 0.6 is 0 Å². The van der Waals surface area contributed by atoms with Gasteiger partial charge in [0.15, 0.2) is 11.5 Å². The van der Waals surface area contributed by atoms with Gasteiger partial charge in [-0.3, -0.25) is 9.59 Å². The molecular formula is C20H20N2O4. The highest BCUT2D eigenvalue weighted by molar-refractivity contribution is 6.13. The monoisotopic (exact) mass is 352 g/mol. The molecule has 1 amide bonds. The van der Waals surface area contributed by atoms with Gasteiger partial charge in [0.05, 0.1) is 25.2 Å². The summed E-state index contributed by atoms with van der Waals surface area (Å²) in [6.45, 7) is 2.31. The lowest BCUT2D eigenvalue weighted by molar-refractivity contribution is 0.102. The molecule has 3 rings (SSSR count). The van der Waals surface area contributed by atoms with Crippen molar-refractivity contribution in [3.63, 3.8) is 0 Å². The molecule has 0 radical (unpaired) electrons. The molecule has 6 heteroatoms. The molecule has 0 saturated heterocycles. The fraction of sp³-hybridized carbons (Fsp3) is 0.200. The molecule has 0 spiro atoms. The van der Waals surface area contributed by atoms with E-state index in [2.05, 4.69) is 5.32 Å². The minimum Gasteiger partial charge on any atom is -0.493 e. The Morgan fingerprint density at radius 1 is 1.04 bits per heavy atom. The Hall–Kier alpha value is -3.28. The molecule has 134 valence electrons. The largest absolute Gasteiger partial charge is 0.493 e. The van der Waals surface area contributed by atoms with Gasteiger partial charge in [0.2, 0.25) is 0 Å². The number of nitrogens with one attached hydrogen (secondary N) is 1. The molecular weight excluding hydrogens is 332 g/mol. The van der Waals surface area contributed by atoms with E-state index >= 15 is 0 Å². The minimum absolute atomic E-state index is 0.181. The summed E-state index contributed by atoms with van der Waals surface area (Å²) in [4.78, 5) is 25.6. The third-order valence-electron chi connectivity index (χ3n) is 4.21. The van der Waals surface area contributed by atoms with Crippen LogP contribution in [0.4, 0.5) is 5.69 Å². The van der Waals surface area contributed by atoms with Crippen molar-refractivity contribution >= 4 is 22.4 Å². The summed E-state index contributed by atoms with van der Waals surface area (Å²) in [7, 11) is 3.02. The van der Waals surface area contributed by atoms with Gasteiger partial charge in [0, 0.05) is 23.8 Å². The predicted molar refractivity (Wildman–Crippen MR) is 101 cm³/mol. The number of aromatic nitrogens is 1. The van der Waals surface area contributed by atoms with E-state index in [4.69, 9.17) is 9.47 Å². The number of nitrogens with zero attached hydrogens (tertiary/aromatic N) is 1. The molecule has 0 fully saturated rings. The smallest absolute Gasteiger partial charge is 0.258 e. The van der Waals surface area contributed by atoms with Gasteiger partial charge in [-0.05, 0) is 31.2 Å². The van der Waals surface area contributed by atoms with E-state index in [1.54, 1.807) is 30.5 Å². The Morgan fingerprint density at radius 3 is 2.23 bits per heavy atom. The number of amides is 1. The summed E-state index contributed by atoms with van der Waals surface area (Å²) < 4.78 is 12.1. The van der Waals surface area contributed by atoms with Gasteiger partial charge >= 0.3 is 0 Å². The molecule has 0 bridgehead atoms. The molecule has 0 aliphatic rings. The lowest BCUT2D eigenvalue weighted by Gasteiger charge is -2.14. The normalized spacial score (nSPS) is 10.6. The zero-order valence-corrected chi connectivity index (χ0v) is 14.9. The minimum atomic E-state index is -0.296. The van der Waals surface area contributed by atoms with Gasteiger partial charge in [0.1, 0.15) is 0 Å². The van der Waals surface area contributed by atoms with Crippen molar-refractivity contribution in [1.29, 1.82) is 0 Å². The number of pyridine rings is 1. The molecule has 6 nitrogen and oxygen atoms in total. The Labute approximate surface area is 151 Å². The van der Waals surface area contributed by atoms with Gasteiger partial charge in [-0.1, -0.05) is 18.2 Å². The molecule has 0 atom stereocenters. The molecule has 0 aliphatic heterocycles. The van der Waals surface area contributed by atoms with Crippen LogP contribution in [0, 0.1) is 0 Å². The van der Waals surface area contributed by atoms with Gasteiger partial charge in [-0.25, -0.2) is 0 Å². The van der Waals surface area contributed by atoms with E-state index in [1.165, 1.54) is 18.8 Å². The fourth-order valence-corrected chi connectivity index (χ4v) is 2.85. The molecule has 0 saturated carbocycles. The first-order valence-corrected chi connectivity index (χ1v) is 8.24. The van der Waals surface area contributed by atoms with Crippen LogP contribution in [0.1, 0.15) is 17.3 Å². The predicted octanol–water partition coefficient (Wildman–Crippen LogP) is 3.29. The first-order chi connectivity index (χ1) is 12.6. The van der Waals surface area contributed by atoms with Crippen LogP contribution in [-0.4, -0.2) is 24.7 Å².